The number of allylic oxidation sites excluding steroid dienone is 3. The molecule has 2 fully saturated rings. The number of carbonyl (C=O) groups is 1. The van der Waals surface area contributed by atoms with Gasteiger partial charge >= 0.3 is 12.3 Å². The molecule has 5 atom stereocenters. The smallest absolute Gasteiger partial charge is 0.416 e. The van der Waals surface area contributed by atoms with Crippen LogP contribution in [0.1, 0.15) is 70.1 Å². The minimum Gasteiger partial charge on any atom is -0.444 e. The fourth-order valence-corrected chi connectivity index (χ4v) is 6.42. The molecule has 9 heteroatoms. The van der Waals surface area contributed by atoms with Gasteiger partial charge in [-0.2, -0.15) is 13.2 Å². The molecule has 2 N–H and O–H groups in total. The normalized spacial score (nSPS) is 29.7. The van der Waals surface area contributed by atoms with Crippen molar-refractivity contribution in [3.63, 3.8) is 0 Å². The number of nitrogens with one attached hydrogen (secondary N) is 2. The summed E-state index contributed by atoms with van der Waals surface area (Å²) in [6, 6.07) is 4.19. The molecule has 39 heavy (non-hydrogen) atoms. The number of amides is 1. The molecule has 3 aliphatic heterocycles. The highest BCUT2D eigenvalue weighted by Gasteiger charge is 2.45. The summed E-state index contributed by atoms with van der Waals surface area (Å²) in [4.78, 5) is 14.5. The lowest BCUT2D eigenvalue weighted by atomic mass is 9.73. The molecule has 1 amide bonds. The van der Waals surface area contributed by atoms with Gasteiger partial charge in [0.05, 0.1) is 17.8 Å². The lowest BCUT2D eigenvalue weighted by Crippen LogP contribution is -2.50. The number of hydrogen-bond donors (Lipinski definition) is 2. The molecule has 214 valence electrons. The van der Waals surface area contributed by atoms with Crippen LogP contribution in [0, 0.1) is 11.8 Å². The summed E-state index contributed by atoms with van der Waals surface area (Å²) >= 11 is 0. The van der Waals surface area contributed by atoms with Crippen LogP contribution in [0.5, 0.6) is 0 Å². The van der Waals surface area contributed by atoms with Crippen LogP contribution >= 0.6 is 0 Å². The first-order chi connectivity index (χ1) is 18.5. The molecule has 0 bridgehead atoms. The van der Waals surface area contributed by atoms with Crippen molar-refractivity contribution in [1.29, 1.82) is 0 Å². The molecule has 3 heterocycles. The molecule has 1 unspecified atom stereocenters. The van der Waals surface area contributed by atoms with Crippen LogP contribution in [0.3, 0.4) is 0 Å². The number of halogens is 3. The van der Waals surface area contributed by atoms with Gasteiger partial charge in [-0.1, -0.05) is 24.3 Å². The number of hydrogen-bond acceptors (Lipinski definition) is 5. The van der Waals surface area contributed by atoms with E-state index < -0.39 is 17.3 Å². The highest BCUT2D eigenvalue weighted by Crippen LogP contribution is 2.49. The van der Waals surface area contributed by atoms with Gasteiger partial charge in [0, 0.05) is 54.8 Å². The van der Waals surface area contributed by atoms with Crippen molar-refractivity contribution in [2.24, 2.45) is 11.8 Å². The van der Waals surface area contributed by atoms with E-state index in [0.717, 1.165) is 63.5 Å². The predicted molar refractivity (Wildman–Crippen MR) is 144 cm³/mol. The van der Waals surface area contributed by atoms with Crippen molar-refractivity contribution in [1.82, 2.24) is 10.2 Å². The molecule has 2 saturated heterocycles. The fraction of sp³-hybridized carbons (Fsp3) is 0.633. The standard InChI is InChI=1S/C30H40F3N3O3/c1-29(2,3)39-28(37)34-21-13-15-36(16-14-21)18-22-10-11-23-26(19-7-5-4-6-8-19)35-25-12-9-20(30(31,32)33)17-24(25)27(23)38-22/h4-7,9,12,17,19,21-23,26-27,35H,8,10-11,13-16,18H2,1-3H3,(H,34,37)/t19?,22-,23+,26+,27+/m1/s1. The predicted octanol–water partition coefficient (Wildman–Crippen LogP) is 6.46. The van der Waals surface area contributed by atoms with Crippen LogP contribution in [0.4, 0.5) is 23.7 Å². The van der Waals surface area contributed by atoms with Gasteiger partial charge in [-0.15, -0.1) is 0 Å². The molecule has 0 radical (unpaired) electrons. The molecular formula is C30H40F3N3O3. The highest BCUT2D eigenvalue weighted by atomic mass is 19.4. The average Bonchev–Trinajstić information content (AvgIpc) is 2.88. The molecule has 1 aromatic rings. The summed E-state index contributed by atoms with van der Waals surface area (Å²) in [6.07, 6.45) is 7.55. The van der Waals surface area contributed by atoms with Crippen LogP contribution in [-0.4, -0.2) is 54.4 Å². The van der Waals surface area contributed by atoms with Gasteiger partial charge in [-0.05, 0) is 71.1 Å². The minimum absolute atomic E-state index is 0.0513. The maximum Gasteiger partial charge on any atom is 0.416 e. The van der Waals surface area contributed by atoms with Crippen molar-refractivity contribution in [2.75, 3.05) is 25.0 Å². The molecule has 1 aliphatic carbocycles. The Kier molecular flexibility index (Phi) is 8.02. The molecule has 0 spiro atoms. The molecule has 4 aliphatic rings. The number of benzene rings is 1. The Labute approximate surface area is 229 Å². The van der Waals surface area contributed by atoms with E-state index in [1.54, 1.807) is 6.07 Å². The Balaban J connectivity index is 1.25. The first kappa shape index (κ1) is 28.0. The molecule has 5 rings (SSSR count). The summed E-state index contributed by atoms with van der Waals surface area (Å²) in [5, 5.41) is 6.56. The van der Waals surface area contributed by atoms with Gasteiger partial charge in [0.1, 0.15) is 5.60 Å². The van der Waals surface area contributed by atoms with E-state index in [1.165, 1.54) is 6.07 Å². The van der Waals surface area contributed by atoms with Crippen molar-refractivity contribution < 1.29 is 27.4 Å². The molecule has 1 aromatic carbocycles. The quantitative estimate of drug-likeness (QED) is 0.453. The molecular weight excluding hydrogens is 507 g/mol. The third-order valence-electron chi connectivity index (χ3n) is 8.26. The van der Waals surface area contributed by atoms with Crippen molar-refractivity contribution in [3.8, 4) is 0 Å². The maximum atomic E-state index is 13.6. The summed E-state index contributed by atoms with van der Waals surface area (Å²) in [6.45, 7) is 7.93. The van der Waals surface area contributed by atoms with Crippen molar-refractivity contribution in [3.05, 3.63) is 53.6 Å². The summed E-state index contributed by atoms with van der Waals surface area (Å²) in [5.41, 5.74) is 0.196. The lowest BCUT2D eigenvalue weighted by molar-refractivity contribution is -0.138. The van der Waals surface area contributed by atoms with E-state index in [9.17, 15) is 18.0 Å². The van der Waals surface area contributed by atoms with Gasteiger partial charge in [-0.25, -0.2) is 4.79 Å². The van der Waals surface area contributed by atoms with Gasteiger partial charge in [0.15, 0.2) is 0 Å². The van der Waals surface area contributed by atoms with E-state index in [0.29, 0.717) is 5.56 Å². The largest absolute Gasteiger partial charge is 0.444 e. The van der Waals surface area contributed by atoms with Crippen LogP contribution in [0.15, 0.2) is 42.5 Å². The first-order valence-electron chi connectivity index (χ1n) is 14.1. The number of anilines is 1. The second kappa shape index (κ2) is 11.2. The number of piperidine rings is 1. The van der Waals surface area contributed by atoms with Crippen LogP contribution < -0.4 is 10.6 Å². The SMILES string of the molecule is CC(C)(C)OC(=O)NC1CCN(C[C@H]2CC[C@@H]3[C@H](O2)c2cc(C(F)(F)F)ccc2N[C@H]3C2C=CC=CC2)CC1. The second-order valence-corrected chi connectivity index (χ2v) is 12.3. The monoisotopic (exact) mass is 547 g/mol. The Morgan fingerprint density at radius 1 is 1.13 bits per heavy atom. The zero-order valence-corrected chi connectivity index (χ0v) is 23.0. The third-order valence-corrected chi connectivity index (χ3v) is 8.26. The van der Waals surface area contributed by atoms with Crippen molar-refractivity contribution >= 4 is 11.8 Å². The summed E-state index contributed by atoms with van der Waals surface area (Å²) < 4.78 is 52.9. The topological polar surface area (TPSA) is 62.8 Å². The summed E-state index contributed by atoms with van der Waals surface area (Å²) in [5.74, 6) is 0.372. The van der Waals surface area contributed by atoms with Crippen LogP contribution in [0.2, 0.25) is 0 Å². The van der Waals surface area contributed by atoms with Crippen molar-refractivity contribution in [2.45, 2.75) is 88.9 Å². The van der Waals surface area contributed by atoms with Gasteiger partial charge in [-0.3, -0.25) is 0 Å². The zero-order valence-electron chi connectivity index (χ0n) is 23.0. The number of fused-ring (bicyclic) bond motifs is 3. The maximum absolute atomic E-state index is 13.6. The van der Waals surface area contributed by atoms with E-state index in [4.69, 9.17) is 9.47 Å². The number of rotatable bonds is 4. The van der Waals surface area contributed by atoms with Gasteiger partial charge < -0.3 is 25.0 Å². The second-order valence-electron chi connectivity index (χ2n) is 12.3. The minimum atomic E-state index is -4.40. The van der Waals surface area contributed by atoms with E-state index in [2.05, 4.69) is 33.8 Å². The fourth-order valence-electron chi connectivity index (χ4n) is 6.42. The van der Waals surface area contributed by atoms with Gasteiger partial charge in [0.2, 0.25) is 0 Å². The van der Waals surface area contributed by atoms with Crippen LogP contribution in [0.25, 0.3) is 0 Å². The third kappa shape index (κ3) is 6.80. The van der Waals surface area contributed by atoms with E-state index in [1.807, 2.05) is 26.8 Å². The number of nitrogens with zero attached hydrogens (tertiary/aromatic N) is 1. The number of alkyl halides is 3. The number of carbonyl (C=O) groups excluding carboxylic acids is 1. The Bertz CT molecular complexity index is 1090. The van der Waals surface area contributed by atoms with Crippen LogP contribution in [-0.2, 0) is 15.7 Å². The Hall–Kier alpha value is -2.52. The average molecular weight is 548 g/mol. The molecule has 0 aromatic heterocycles. The molecule has 6 nitrogen and oxygen atoms in total. The Morgan fingerprint density at radius 2 is 1.90 bits per heavy atom. The Morgan fingerprint density at radius 3 is 2.56 bits per heavy atom. The number of alkyl carbamates (subject to hydrolysis) is 1. The van der Waals surface area contributed by atoms with E-state index in [-0.39, 0.29) is 42.2 Å². The molecule has 0 saturated carbocycles. The zero-order chi connectivity index (χ0) is 27.8. The summed E-state index contributed by atoms with van der Waals surface area (Å²) in [7, 11) is 0. The highest BCUT2D eigenvalue weighted by molar-refractivity contribution is 5.68. The van der Waals surface area contributed by atoms with E-state index >= 15 is 0 Å². The first-order valence-corrected chi connectivity index (χ1v) is 14.1. The number of ether oxygens (including phenoxy) is 2. The van der Waals surface area contributed by atoms with Gasteiger partial charge in [0.25, 0.3) is 0 Å². The lowest BCUT2D eigenvalue weighted by Gasteiger charge is -2.48. The number of likely N-dealkylation sites (tertiary alicyclic amines) is 1.